The minimum Gasteiger partial charge on any atom is -0.493 e. The number of piperazine rings is 1. The predicted octanol–water partition coefficient (Wildman–Crippen LogP) is 5.16. The van der Waals surface area contributed by atoms with E-state index < -0.39 is 0 Å². The standard InChI is InChI=1S/C29H40N4O2/c1-20(2)31-12-10-23(11-13-31)32-14-16-33(17-15-32)24-7-8-26-25(19-24)21(3)29(30-26)22-6-9-27(34-4)28(18-22)35-5/h6-9,18-20,23,30H,10-17H2,1-5H3. The number of hydrogen-bond donors (Lipinski definition) is 1. The second-order valence-corrected chi connectivity index (χ2v) is 10.3. The van der Waals surface area contributed by atoms with Crippen LogP contribution in [0.25, 0.3) is 22.2 Å². The van der Waals surface area contributed by atoms with Crippen molar-refractivity contribution in [1.29, 1.82) is 0 Å². The summed E-state index contributed by atoms with van der Waals surface area (Å²) in [5.74, 6) is 1.49. The van der Waals surface area contributed by atoms with E-state index >= 15 is 0 Å². The van der Waals surface area contributed by atoms with Gasteiger partial charge in [-0.2, -0.15) is 0 Å². The van der Waals surface area contributed by atoms with Crippen molar-refractivity contribution in [3.8, 4) is 22.8 Å². The molecule has 0 saturated carbocycles. The third-order valence-electron chi connectivity index (χ3n) is 8.14. The third kappa shape index (κ3) is 4.74. The highest BCUT2D eigenvalue weighted by Gasteiger charge is 2.28. The van der Waals surface area contributed by atoms with Gasteiger partial charge in [0.2, 0.25) is 0 Å². The molecule has 0 aliphatic carbocycles. The van der Waals surface area contributed by atoms with Crippen LogP contribution in [0.3, 0.4) is 0 Å². The number of piperidine rings is 1. The Morgan fingerprint density at radius 1 is 0.857 bits per heavy atom. The Bertz CT molecular complexity index is 1150. The summed E-state index contributed by atoms with van der Waals surface area (Å²) in [4.78, 5) is 11.6. The summed E-state index contributed by atoms with van der Waals surface area (Å²) in [7, 11) is 3.35. The van der Waals surface area contributed by atoms with Crippen molar-refractivity contribution < 1.29 is 9.47 Å². The van der Waals surface area contributed by atoms with Crippen LogP contribution in [0.1, 0.15) is 32.3 Å². The Kier molecular flexibility index (Phi) is 6.94. The van der Waals surface area contributed by atoms with Crippen molar-refractivity contribution >= 4 is 16.6 Å². The second-order valence-electron chi connectivity index (χ2n) is 10.3. The van der Waals surface area contributed by atoms with Crippen molar-refractivity contribution in [2.75, 3.05) is 58.4 Å². The number of benzene rings is 2. The average Bonchev–Trinajstić information content (AvgIpc) is 3.24. The number of aromatic amines is 1. The summed E-state index contributed by atoms with van der Waals surface area (Å²) in [5.41, 5.74) is 6.01. The minimum atomic E-state index is 0.673. The molecule has 5 rings (SSSR count). The number of anilines is 1. The molecule has 1 aromatic heterocycles. The molecule has 2 fully saturated rings. The van der Waals surface area contributed by atoms with Crippen LogP contribution in [-0.2, 0) is 0 Å². The molecule has 6 heteroatoms. The molecule has 3 heterocycles. The van der Waals surface area contributed by atoms with Crippen LogP contribution in [0.2, 0.25) is 0 Å². The molecular weight excluding hydrogens is 436 g/mol. The molecule has 0 atom stereocenters. The SMILES string of the molecule is COc1ccc(-c2[nH]c3ccc(N4CCN(C5CCN(C(C)C)CC5)CC4)cc3c2C)cc1OC. The summed E-state index contributed by atoms with van der Waals surface area (Å²) in [6, 6.07) is 14.4. The zero-order valence-corrected chi connectivity index (χ0v) is 21.9. The Morgan fingerprint density at radius 3 is 2.23 bits per heavy atom. The summed E-state index contributed by atoms with van der Waals surface area (Å²) in [6.45, 7) is 13.8. The molecule has 1 N–H and O–H groups in total. The Balaban J connectivity index is 1.29. The number of hydrogen-bond acceptors (Lipinski definition) is 5. The van der Waals surface area contributed by atoms with E-state index in [2.05, 4.69) is 64.7 Å². The normalized spacial score (nSPS) is 18.5. The van der Waals surface area contributed by atoms with Gasteiger partial charge >= 0.3 is 0 Å². The van der Waals surface area contributed by atoms with Gasteiger partial charge in [0.25, 0.3) is 0 Å². The first-order chi connectivity index (χ1) is 17.0. The Labute approximate surface area is 209 Å². The van der Waals surface area contributed by atoms with Gasteiger partial charge in [0.15, 0.2) is 11.5 Å². The van der Waals surface area contributed by atoms with Crippen LogP contribution >= 0.6 is 0 Å². The average molecular weight is 477 g/mol. The molecule has 35 heavy (non-hydrogen) atoms. The van der Waals surface area contributed by atoms with E-state index in [4.69, 9.17) is 9.47 Å². The topological polar surface area (TPSA) is 44.0 Å². The number of aryl methyl sites for hydroxylation is 1. The molecule has 2 saturated heterocycles. The lowest BCUT2D eigenvalue weighted by molar-refractivity contribution is 0.0883. The van der Waals surface area contributed by atoms with Gasteiger partial charge in [0, 0.05) is 66.1 Å². The molecule has 0 spiro atoms. The molecule has 6 nitrogen and oxygen atoms in total. The zero-order chi connectivity index (χ0) is 24.5. The summed E-state index contributed by atoms with van der Waals surface area (Å²) < 4.78 is 10.9. The van der Waals surface area contributed by atoms with Crippen LogP contribution < -0.4 is 14.4 Å². The molecule has 0 radical (unpaired) electrons. The van der Waals surface area contributed by atoms with Crippen molar-refractivity contribution in [1.82, 2.24) is 14.8 Å². The fraction of sp³-hybridized carbons (Fsp3) is 0.517. The van der Waals surface area contributed by atoms with Gasteiger partial charge < -0.3 is 24.3 Å². The molecule has 2 aliphatic rings. The third-order valence-corrected chi connectivity index (χ3v) is 8.14. The summed E-state index contributed by atoms with van der Waals surface area (Å²) >= 11 is 0. The highest BCUT2D eigenvalue weighted by molar-refractivity contribution is 5.93. The number of H-pyrrole nitrogens is 1. The van der Waals surface area contributed by atoms with Crippen LogP contribution in [-0.4, -0.2) is 80.4 Å². The predicted molar refractivity (Wildman–Crippen MR) is 145 cm³/mol. The quantitative estimate of drug-likeness (QED) is 0.533. The molecule has 2 aromatic carbocycles. The molecule has 3 aromatic rings. The lowest BCUT2D eigenvalue weighted by atomic mass is 10.0. The van der Waals surface area contributed by atoms with Gasteiger partial charge in [-0.15, -0.1) is 0 Å². The molecule has 0 amide bonds. The van der Waals surface area contributed by atoms with Gasteiger partial charge in [0.1, 0.15) is 0 Å². The second kappa shape index (κ2) is 10.1. The first-order valence-corrected chi connectivity index (χ1v) is 13.1. The van der Waals surface area contributed by atoms with E-state index in [1.54, 1.807) is 14.2 Å². The Hall–Kier alpha value is -2.70. The van der Waals surface area contributed by atoms with Crippen LogP contribution in [0.5, 0.6) is 11.5 Å². The van der Waals surface area contributed by atoms with E-state index in [-0.39, 0.29) is 0 Å². The molecule has 0 bridgehead atoms. The van der Waals surface area contributed by atoms with E-state index in [9.17, 15) is 0 Å². The maximum Gasteiger partial charge on any atom is 0.161 e. The van der Waals surface area contributed by atoms with Gasteiger partial charge in [-0.3, -0.25) is 4.90 Å². The van der Waals surface area contributed by atoms with E-state index in [0.717, 1.165) is 55.0 Å². The van der Waals surface area contributed by atoms with Crippen LogP contribution in [0.4, 0.5) is 5.69 Å². The molecule has 188 valence electrons. The fourth-order valence-electron chi connectivity index (χ4n) is 5.90. The first kappa shape index (κ1) is 24.0. The number of nitrogens with one attached hydrogen (secondary N) is 1. The van der Waals surface area contributed by atoms with Gasteiger partial charge in [-0.25, -0.2) is 0 Å². The van der Waals surface area contributed by atoms with Crippen molar-refractivity contribution in [3.63, 3.8) is 0 Å². The summed E-state index contributed by atoms with van der Waals surface area (Å²) in [5, 5.41) is 1.29. The zero-order valence-electron chi connectivity index (χ0n) is 21.9. The smallest absolute Gasteiger partial charge is 0.161 e. The fourth-order valence-corrected chi connectivity index (χ4v) is 5.90. The van der Waals surface area contributed by atoms with E-state index in [1.165, 1.54) is 48.1 Å². The lowest BCUT2D eigenvalue weighted by Gasteiger charge is -2.44. The highest BCUT2D eigenvalue weighted by atomic mass is 16.5. The number of aromatic nitrogens is 1. The maximum atomic E-state index is 5.53. The highest BCUT2D eigenvalue weighted by Crippen LogP contribution is 2.36. The lowest BCUT2D eigenvalue weighted by Crippen LogP contribution is -2.53. The molecule has 0 unspecified atom stereocenters. The Morgan fingerprint density at radius 2 is 1.57 bits per heavy atom. The van der Waals surface area contributed by atoms with Crippen LogP contribution in [0.15, 0.2) is 36.4 Å². The largest absolute Gasteiger partial charge is 0.493 e. The number of fused-ring (bicyclic) bond motifs is 1. The number of nitrogens with zero attached hydrogens (tertiary/aromatic N) is 3. The number of ether oxygens (including phenoxy) is 2. The number of likely N-dealkylation sites (tertiary alicyclic amines) is 1. The van der Waals surface area contributed by atoms with Crippen molar-refractivity contribution in [2.24, 2.45) is 0 Å². The monoisotopic (exact) mass is 476 g/mol. The molecular formula is C29H40N4O2. The van der Waals surface area contributed by atoms with Gasteiger partial charge in [-0.05, 0) is 88.7 Å². The maximum absolute atomic E-state index is 5.53. The first-order valence-electron chi connectivity index (χ1n) is 13.1. The number of rotatable bonds is 6. The van der Waals surface area contributed by atoms with Crippen molar-refractivity contribution in [2.45, 2.75) is 45.7 Å². The van der Waals surface area contributed by atoms with E-state index in [1.807, 2.05) is 12.1 Å². The van der Waals surface area contributed by atoms with E-state index in [0.29, 0.717) is 6.04 Å². The minimum absolute atomic E-state index is 0.673. The van der Waals surface area contributed by atoms with Crippen LogP contribution in [0, 0.1) is 6.92 Å². The van der Waals surface area contributed by atoms with Crippen molar-refractivity contribution in [3.05, 3.63) is 42.0 Å². The molecule has 2 aliphatic heterocycles. The number of methoxy groups -OCH3 is 2. The van der Waals surface area contributed by atoms with Gasteiger partial charge in [0.05, 0.1) is 14.2 Å². The van der Waals surface area contributed by atoms with Gasteiger partial charge in [-0.1, -0.05) is 0 Å². The summed E-state index contributed by atoms with van der Waals surface area (Å²) in [6.07, 6.45) is 2.62.